The minimum absolute atomic E-state index is 0.0224. The number of carboxylic acid groups (broad SMARTS) is 1. The first-order valence-corrected chi connectivity index (χ1v) is 9.65. The lowest BCUT2D eigenvalue weighted by molar-refractivity contribution is -0.116. The van der Waals surface area contributed by atoms with E-state index >= 15 is 0 Å². The largest absolute Gasteiger partial charge is 0.478 e. The number of rotatable bonds is 4. The number of ether oxygens (including phenoxy) is 1. The first kappa shape index (κ1) is 19.6. The van der Waals surface area contributed by atoms with Gasteiger partial charge >= 0.3 is 5.97 Å². The molecule has 1 unspecified atom stereocenters. The fourth-order valence-electron chi connectivity index (χ4n) is 3.89. The number of hydrogen-bond donors (Lipinski definition) is 2. The number of hydrogen-bond acceptors (Lipinski definition) is 5. The molecule has 0 saturated heterocycles. The fraction of sp³-hybridized carbons (Fsp3) is 0.217. The van der Waals surface area contributed by atoms with Crippen molar-refractivity contribution >= 4 is 34.7 Å². The second-order valence-electron chi connectivity index (χ2n) is 7.25. The quantitative estimate of drug-likeness (QED) is 0.795. The maximum absolute atomic E-state index is 12.1. The number of aromatic carboxylic acids is 1. The van der Waals surface area contributed by atoms with Gasteiger partial charge in [0.1, 0.15) is 11.5 Å². The van der Waals surface area contributed by atoms with Crippen molar-refractivity contribution in [3.63, 3.8) is 0 Å². The molecule has 1 heterocycles. The van der Waals surface area contributed by atoms with Gasteiger partial charge in [0, 0.05) is 42.2 Å². The Labute approximate surface area is 172 Å². The zero-order valence-corrected chi connectivity index (χ0v) is 16.2. The zero-order chi connectivity index (χ0) is 21.4. The number of carbonyl (C=O) groups is 4. The van der Waals surface area contributed by atoms with Crippen molar-refractivity contribution in [3.8, 4) is 0 Å². The molecule has 1 aromatic rings. The third kappa shape index (κ3) is 3.50. The van der Waals surface area contributed by atoms with Crippen molar-refractivity contribution < 1.29 is 29.0 Å². The van der Waals surface area contributed by atoms with Crippen LogP contribution < -0.4 is 5.32 Å². The van der Waals surface area contributed by atoms with E-state index in [-0.39, 0.29) is 35.4 Å². The molecule has 0 radical (unpaired) electrons. The van der Waals surface area contributed by atoms with Crippen molar-refractivity contribution in [1.82, 2.24) is 0 Å². The summed E-state index contributed by atoms with van der Waals surface area (Å²) < 4.78 is 5.85. The second kappa shape index (κ2) is 7.59. The molecule has 1 aromatic carbocycles. The lowest BCUT2D eigenvalue weighted by Crippen LogP contribution is -2.25. The van der Waals surface area contributed by atoms with Gasteiger partial charge in [0.15, 0.2) is 11.6 Å². The van der Waals surface area contributed by atoms with Crippen molar-refractivity contribution in [2.75, 3.05) is 5.32 Å². The molecule has 0 aromatic heterocycles. The van der Waals surface area contributed by atoms with E-state index in [1.807, 2.05) is 0 Å². The van der Waals surface area contributed by atoms with E-state index in [9.17, 15) is 24.3 Å². The summed E-state index contributed by atoms with van der Waals surface area (Å²) in [5.41, 5.74) is 2.19. The molecule has 7 nitrogen and oxygen atoms in total. The molecule has 1 amide bonds. The van der Waals surface area contributed by atoms with Crippen molar-refractivity contribution in [1.29, 1.82) is 0 Å². The molecule has 1 aliphatic heterocycles. The predicted octanol–water partition coefficient (Wildman–Crippen LogP) is 3.40. The molecule has 2 aliphatic carbocycles. The highest BCUT2D eigenvalue weighted by atomic mass is 16.5. The van der Waals surface area contributed by atoms with Crippen LogP contribution in [0.1, 0.15) is 42.1 Å². The Hall–Kier alpha value is -3.74. The van der Waals surface area contributed by atoms with E-state index in [2.05, 4.69) is 5.32 Å². The lowest BCUT2D eigenvalue weighted by Gasteiger charge is -2.35. The van der Waals surface area contributed by atoms with Crippen LogP contribution in [0.5, 0.6) is 0 Å². The molecule has 0 bridgehead atoms. The van der Waals surface area contributed by atoms with Crippen LogP contribution in [0.3, 0.4) is 0 Å². The molecule has 0 spiro atoms. The molecule has 7 heteroatoms. The second-order valence-corrected chi connectivity index (χ2v) is 7.25. The van der Waals surface area contributed by atoms with Crippen molar-refractivity contribution in [2.24, 2.45) is 5.92 Å². The van der Waals surface area contributed by atoms with E-state index in [0.717, 1.165) is 0 Å². The predicted molar refractivity (Wildman–Crippen MR) is 108 cm³/mol. The Bertz CT molecular complexity index is 1120. The van der Waals surface area contributed by atoms with Crippen LogP contribution in [0, 0.1) is 5.92 Å². The van der Waals surface area contributed by atoms with Gasteiger partial charge in [0.25, 0.3) is 0 Å². The van der Waals surface area contributed by atoms with E-state index in [1.165, 1.54) is 24.3 Å². The van der Waals surface area contributed by atoms with E-state index in [0.29, 0.717) is 46.8 Å². The number of carboxylic acids is 1. The molecule has 30 heavy (non-hydrogen) atoms. The van der Waals surface area contributed by atoms with Crippen LogP contribution in [0.15, 0.2) is 59.6 Å². The van der Waals surface area contributed by atoms with Gasteiger partial charge in [-0.15, -0.1) is 0 Å². The topological polar surface area (TPSA) is 110 Å². The molecule has 4 rings (SSSR count). The van der Waals surface area contributed by atoms with Crippen molar-refractivity contribution in [3.05, 3.63) is 70.7 Å². The SMILES string of the molecule is CCC(=O)Nc1ccc(C2=C3C=CC(=O)C=C3OC3=CC(=O)CCC32)c(C(=O)O)c1. The third-order valence-corrected chi connectivity index (χ3v) is 5.29. The van der Waals surface area contributed by atoms with Gasteiger partial charge in [-0.3, -0.25) is 14.4 Å². The summed E-state index contributed by atoms with van der Waals surface area (Å²) in [6.45, 7) is 1.71. The number of nitrogens with one attached hydrogen (secondary N) is 1. The maximum atomic E-state index is 12.1. The number of allylic oxidation sites excluding steroid dienone is 5. The van der Waals surface area contributed by atoms with Crippen LogP contribution in [-0.2, 0) is 19.1 Å². The first-order chi connectivity index (χ1) is 14.4. The van der Waals surface area contributed by atoms with E-state index in [1.54, 1.807) is 25.1 Å². The van der Waals surface area contributed by atoms with Crippen molar-refractivity contribution in [2.45, 2.75) is 26.2 Å². The molecule has 3 aliphatic rings. The summed E-state index contributed by atoms with van der Waals surface area (Å²) >= 11 is 0. The monoisotopic (exact) mass is 405 g/mol. The molecule has 1 atom stereocenters. The highest BCUT2D eigenvalue weighted by Gasteiger charge is 2.37. The van der Waals surface area contributed by atoms with E-state index < -0.39 is 5.97 Å². The van der Waals surface area contributed by atoms with Gasteiger partial charge in [-0.2, -0.15) is 0 Å². The number of ketones is 2. The molecular weight excluding hydrogens is 386 g/mol. The highest BCUT2D eigenvalue weighted by Crippen LogP contribution is 2.47. The summed E-state index contributed by atoms with van der Waals surface area (Å²) in [4.78, 5) is 47.6. The summed E-state index contributed by atoms with van der Waals surface area (Å²) in [7, 11) is 0. The Balaban J connectivity index is 1.91. The van der Waals surface area contributed by atoms with Crippen LogP contribution >= 0.6 is 0 Å². The number of fused-ring (bicyclic) bond motifs is 2. The Morgan fingerprint density at radius 2 is 2.00 bits per heavy atom. The number of benzene rings is 1. The molecule has 0 fully saturated rings. The van der Waals surface area contributed by atoms with Crippen LogP contribution in [-0.4, -0.2) is 28.5 Å². The van der Waals surface area contributed by atoms with Gasteiger partial charge in [-0.25, -0.2) is 4.79 Å². The highest BCUT2D eigenvalue weighted by molar-refractivity contribution is 6.05. The Kier molecular flexibility index (Phi) is 4.95. The summed E-state index contributed by atoms with van der Waals surface area (Å²) in [6, 6.07) is 4.72. The Morgan fingerprint density at radius 3 is 2.73 bits per heavy atom. The number of anilines is 1. The zero-order valence-electron chi connectivity index (χ0n) is 16.2. The molecule has 2 N–H and O–H groups in total. The standard InChI is InChI=1S/C23H19NO6/c1-2-21(27)24-12-3-6-15(18(9-12)23(28)29)22-16-7-4-13(25)10-19(16)30-20-11-14(26)5-8-17(20)22/h3-4,6-7,9-11,17H,2,5,8H2,1H3,(H,24,27)(H,28,29). The first-order valence-electron chi connectivity index (χ1n) is 9.65. The normalized spacial score (nSPS) is 20.0. The number of amides is 1. The minimum atomic E-state index is -1.14. The maximum Gasteiger partial charge on any atom is 0.336 e. The Morgan fingerprint density at radius 1 is 1.20 bits per heavy atom. The van der Waals surface area contributed by atoms with Crippen LogP contribution in [0.25, 0.3) is 5.57 Å². The smallest absolute Gasteiger partial charge is 0.336 e. The molecule has 0 saturated carbocycles. The van der Waals surface area contributed by atoms with Gasteiger partial charge in [0.2, 0.25) is 5.91 Å². The van der Waals surface area contributed by atoms with E-state index in [4.69, 9.17) is 4.74 Å². The van der Waals surface area contributed by atoms with Gasteiger partial charge in [0.05, 0.1) is 5.56 Å². The molecule has 152 valence electrons. The van der Waals surface area contributed by atoms with Crippen LogP contribution in [0.4, 0.5) is 5.69 Å². The summed E-state index contributed by atoms with van der Waals surface area (Å²) in [6.07, 6.45) is 6.86. The van der Waals surface area contributed by atoms with Gasteiger partial charge in [-0.05, 0) is 41.8 Å². The van der Waals surface area contributed by atoms with Gasteiger partial charge in [-0.1, -0.05) is 13.0 Å². The van der Waals surface area contributed by atoms with Crippen LogP contribution in [0.2, 0.25) is 0 Å². The van der Waals surface area contributed by atoms with Gasteiger partial charge < -0.3 is 15.2 Å². The third-order valence-electron chi connectivity index (χ3n) is 5.29. The lowest BCUT2D eigenvalue weighted by atomic mass is 9.76. The number of carbonyl (C=O) groups excluding carboxylic acids is 3. The molecular formula is C23H19NO6. The fourth-order valence-corrected chi connectivity index (χ4v) is 3.89. The average molecular weight is 405 g/mol. The minimum Gasteiger partial charge on any atom is -0.478 e. The summed E-state index contributed by atoms with van der Waals surface area (Å²) in [5, 5.41) is 12.5. The summed E-state index contributed by atoms with van der Waals surface area (Å²) in [5.74, 6) is -1.27. The average Bonchev–Trinajstić information content (AvgIpc) is 2.71.